The van der Waals surface area contributed by atoms with Crippen LogP contribution in [0.2, 0.25) is 0 Å². The van der Waals surface area contributed by atoms with Crippen molar-refractivity contribution < 1.29 is 14.6 Å². The van der Waals surface area contributed by atoms with E-state index >= 15 is 0 Å². The van der Waals surface area contributed by atoms with Crippen LogP contribution in [-0.4, -0.2) is 88.1 Å². The summed E-state index contributed by atoms with van der Waals surface area (Å²) < 4.78 is 7.13. The third kappa shape index (κ3) is 4.29. The Morgan fingerprint density at radius 3 is 2.79 bits per heavy atom. The number of amides is 1. The third-order valence-corrected chi connectivity index (χ3v) is 5.14. The van der Waals surface area contributed by atoms with Gasteiger partial charge in [0.05, 0.1) is 37.2 Å². The second-order valence-electron chi connectivity index (χ2n) is 6.96. The molecule has 152 valence electrons. The topological polar surface area (TPSA) is 83.7 Å². The van der Waals surface area contributed by atoms with E-state index in [1.54, 1.807) is 28.0 Å². The fourth-order valence-corrected chi connectivity index (χ4v) is 3.57. The van der Waals surface area contributed by atoms with Crippen molar-refractivity contribution in [3.8, 4) is 5.69 Å². The minimum absolute atomic E-state index is 0.0955. The number of ether oxygens (including phenoxy) is 1. The van der Waals surface area contributed by atoms with Crippen LogP contribution in [0.3, 0.4) is 0 Å². The van der Waals surface area contributed by atoms with Crippen LogP contribution in [0.1, 0.15) is 10.5 Å². The van der Waals surface area contributed by atoms with Crippen LogP contribution < -0.4 is 0 Å². The zero-order valence-corrected chi connectivity index (χ0v) is 16.3. The van der Waals surface area contributed by atoms with Gasteiger partial charge in [-0.3, -0.25) is 9.69 Å². The highest BCUT2D eigenvalue weighted by Gasteiger charge is 2.23. The van der Waals surface area contributed by atoms with Crippen LogP contribution in [0.4, 0.5) is 0 Å². The standard InChI is InChI=1S/C21H25N5O3/c27-13-10-25(9-8-24-11-14-29-15-12-24)21(28)20-19(6-3-7-22-20)26-18-5-2-1-4-17(18)16-23-26/h1-7,16,27H,8-15H2. The van der Waals surface area contributed by atoms with Gasteiger partial charge >= 0.3 is 0 Å². The average molecular weight is 395 g/mol. The summed E-state index contributed by atoms with van der Waals surface area (Å²) in [6, 6.07) is 11.5. The molecular weight excluding hydrogens is 370 g/mol. The maximum atomic E-state index is 13.3. The molecule has 0 radical (unpaired) electrons. The van der Waals surface area contributed by atoms with Crippen LogP contribution in [0, 0.1) is 0 Å². The largest absolute Gasteiger partial charge is 0.395 e. The molecule has 1 saturated heterocycles. The number of aliphatic hydroxyl groups is 1. The number of rotatable bonds is 7. The molecule has 1 N–H and O–H groups in total. The molecule has 0 aliphatic carbocycles. The molecule has 3 heterocycles. The molecule has 1 amide bonds. The molecule has 0 spiro atoms. The smallest absolute Gasteiger partial charge is 0.274 e. The molecule has 2 aromatic heterocycles. The van der Waals surface area contributed by atoms with E-state index in [1.165, 1.54) is 0 Å². The normalized spacial score (nSPS) is 14.9. The summed E-state index contributed by atoms with van der Waals surface area (Å²) in [5, 5.41) is 15.0. The zero-order chi connectivity index (χ0) is 20.1. The molecule has 1 aliphatic heterocycles. The molecule has 0 saturated carbocycles. The number of carbonyl (C=O) groups excluding carboxylic acids is 1. The Bertz CT molecular complexity index is 968. The van der Waals surface area contributed by atoms with E-state index in [4.69, 9.17) is 4.74 Å². The van der Waals surface area contributed by atoms with Crippen molar-refractivity contribution in [3.05, 3.63) is 54.5 Å². The van der Waals surface area contributed by atoms with Crippen molar-refractivity contribution in [2.75, 3.05) is 52.5 Å². The van der Waals surface area contributed by atoms with E-state index in [9.17, 15) is 9.90 Å². The number of para-hydroxylation sites is 1. The maximum Gasteiger partial charge on any atom is 0.274 e. The van der Waals surface area contributed by atoms with E-state index in [1.807, 2.05) is 30.3 Å². The van der Waals surface area contributed by atoms with Crippen molar-refractivity contribution in [3.63, 3.8) is 0 Å². The number of hydrogen-bond acceptors (Lipinski definition) is 6. The average Bonchev–Trinajstić information content (AvgIpc) is 3.21. The Morgan fingerprint density at radius 2 is 1.97 bits per heavy atom. The number of carbonyl (C=O) groups is 1. The summed E-state index contributed by atoms with van der Waals surface area (Å²) >= 11 is 0. The molecule has 1 aromatic carbocycles. The summed E-state index contributed by atoms with van der Waals surface area (Å²) in [6.07, 6.45) is 3.39. The zero-order valence-electron chi connectivity index (χ0n) is 16.3. The summed E-state index contributed by atoms with van der Waals surface area (Å²) in [5.74, 6) is -0.206. The van der Waals surface area contributed by atoms with Gasteiger partial charge in [0.25, 0.3) is 5.91 Å². The first-order valence-corrected chi connectivity index (χ1v) is 9.86. The lowest BCUT2D eigenvalue weighted by molar-refractivity contribution is 0.0314. The van der Waals surface area contributed by atoms with Gasteiger partial charge in [-0.25, -0.2) is 9.67 Å². The van der Waals surface area contributed by atoms with Gasteiger partial charge in [-0.15, -0.1) is 0 Å². The number of aromatic nitrogens is 3. The highest BCUT2D eigenvalue weighted by Crippen LogP contribution is 2.20. The molecule has 8 heteroatoms. The number of hydrogen-bond donors (Lipinski definition) is 1. The maximum absolute atomic E-state index is 13.3. The van der Waals surface area contributed by atoms with Crippen molar-refractivity contribution in [2.24, 2.45) is 0 Å². The van der Waals surface area contributed by atoms with E-state index in [-0.39, 0.29) is 19.1 Å². The van der Waals surface area contributed by atoms with Crippen molar-refractivity contribution in [1.29, 1.82) is 0 Å². The van der Waals surface area contributed by atoms with Crippen LogP contribution in [-0.2, 0) is 4.74 Å². The van der Waals surface area contributed by atoms with Gasteiger partial charge < -0.3 is 14.7 Å². The van der Waals surface area contributed by atoms with Crippen LogP contribution >= 0.6 is 0 Å². The minimum Gasteiger partial charge on any atom is -0.395 e. The van der Waals surface area contributed by atoms with E-state index in [2.05, 4.69) is 15.0 Å². The first-order chi connectivity index (χ1) is 14.3. The van der Waals surface area contributed by atoms with E-state index in [0.717, 1.165) is 30.5 Å². The van der Waals surface area contributed by atoms with Gasteiger partial charge in [0.15, 0.2) is 5.69 Å². The predicted molar refractivity (Wildman–Crippen MR) is 109 cm³/mol. The van der Waals surface area contributed by atoms with Crippen molar-refractivity contribution in [2.45, 2.75) is 0 Å². The molecule has 1 aliphatic rings. The molecule has 3 aromatic rings. The molecule has 8 nitrogen and oxygen atoms in total. The molecule has 0 bridgehead atoms. The fourth-order valence-electron chi connectivity index (χ4n) is 3.57. The Hall–Kier alpha value is -2.81. The lowest BCUT2D eigenvalue weighted by atomic mass is 10.2. The van der Waals surface area contributed by atoms with E-state index < -0.39 is 0 Å². The Kier molecular flexibility index (Phi) is 6.14. The second-order valence-corrected chi connectivity index (χ2v) is 6.96. The summed E-state index contributed by atoms with van der Waals surface area (Å²) in [4.78, 5) is 21.6. The number of nitrogens with zero attached hydrogens (tertiary/aromatic N) is 5. The lowest BCUT2D eigenvalue weighted by Gasteiger charge is -2.30. The van der Waals surface area contributed by atoms with Crippen molar-refractivity contribution in [1.82, 2.24) is 24.6 Å². The predicted octanol–water partition coefficient (Wildman–Crippen LogP) is 1.19. The quantitative estimate of drug-likeness (QED) is 0.647. The van der Waals surface area contributed by atoms with Gasteiger partial charge in [0.2, 0.25) is 0 Å². The van der Waals surface area contributed by atoms with Gasteiger partial charge in [0.1, 0.15) is 0 Å². The monoisotopic (exact) mass is 395 g/mol. The molecule has 1 fully saturated rings. The highest BCUT2D eigenvalue weighted by atomic mass is 16.5. The van der Waals surface area contributed by atoms with Crippen LogP contribution in [0.15, 0.2) is 48.8 Å². The number of benzene rings is 1. The first-order valence-electron chi connectivity index (χ1n) is 9.86. The van der Waals surface area contributed by atoms with Gasteiger partial charge in [-0.05, 0) is 18.2 Å². The molecular formula is C21H25N5O3. The summed E-state index contributed by atoms with van der Waals surface area (Å²) in [5.41, 5.74) is 1.88. The van der Waals surface area contributed by atoms with Gasteiger partial charge in [-0.2, -0.15) is 5.10 Å². The fraction of sp³-hybridized carbons (Fsp3) is 0.381. The first kappa shape index (κ1) is 19.5. The van der Waals surface area contributed by atoms with Crippen molar-refractivity contribution >= 4 is 16.8 Å². The Labute approximate surface area is 169 Å². The van der Waals surface area contributed by atoms with Gasteiger partial charge in [-0.1, -0.05) is 18.2 Å². The third-order valence-electron chi connectivity index (χ3n) is 5.14. The van der Waals surface area contributed by atoms with Gasteiger partial charge in [0, 0.05) is 44.3 Å². The summed E-state index contributed by atoms with van der Waals surface area (Å²) in [7, 11) is 0. The SMILES string of the molecule is O=C(c1ncccc1-n1ncc2ccccc21)N(CCO)CCN1CCOCC1. The Balaban J connectivity index is 1.60. The molecule has 0 atom stereocenters. The molecule has 4 rings (SSSR count). The van der Waals surface area contributed by atoms with Crippen LogP contribution in [0.25, 0.3) is 16.6 Å². The second kappa shape index (κ2) is 9.13. The number of fused-ring (bicyclic) bond motifs is 1. The summed E-state index contributed by atoms with van der Waals surface area (Å²) in [6.45, 7) is 4.57. The number of aliphatic hydroxyl groups excluding tert-OH is 1. The van der Waals surface area contributed by atoms with Crippen LogP contribution in [0.5, 0.6) is 0 Å². The molecule has 29 heavy (non-hydrogen) atoms. The number of morpholine rings is 1. The molecule has 0 unspecified atom stereocenters. The lowest BCUT2D eigenvalue weighted by Crippen LogP contribution is -2.44. The van der Waals surface area contributed by atoms with E-state index in [0.29, 0.717) is 31.1 Å². The minimum atomic E-state index is -0.206. The Morgan fingerprint density at radius 1 is 1.14 bits per heavy atom. The highest BCUT2D eigenvalue weighted by molar-refractivity contribution is 5.96. The number of pyridine rings is 1.